The lowest BCUT2D eigenvalue weighted by molar-refractivity contribution is 0.182. The van der Waals surface area contributed by atoms with Gasteiger partial charge in [-0.15, -0.1) is 0 Å². The Morgan fingerprint density at radius 1 is 1.28 bits per heavy atom. The van der Waals surface area contributed by atoms with Gasteiger partial charge in [0.15, 0.2) is 14.9 Å². The summed E-state index contributed by atoms with van der Waals surface area (Å²) in [7, 11) is -7.30. The van der Waals surface area contributed by atoms with Gasteiger partial charge in [-0.05, 0) is 24.8 Å². The van der Waals surface area contributed by atoms with E-state index in [9.17, 15) is 16.8 Å². The Morgan fingerprint density at radius 3 is 2.39 bits per heavy atom. The van der Waals surface area contributed by atoms with Crippen LogP contribution in [0.4, 0.5) is 0 Å². The minimum absolute atomic E-state index is 0.00581. The van der Waals surface area contributed by atoms with E-state index in [1.807, 2.05) is 0 Å². The summed E-state index contributed by atoms with van der Waals surface area (Å²) in [5.41, 5.74) is 0.00581. The number of sulfonamides is 1. The molecule has 1 unspecified atom stereocenters. The second kappa shape index (κ2) is 5.44. The fourth-order valence-corrected chi connectivity index (χ4v) is 5.16. The average Bonchev–Trinajstić information content (AvgIpc) is 2.11. The smallest absolute Gasteiger partial charge is 0.226 e. The van der Waals surface area contributed by atoms with E-state index in [-0.39, 0.29) is 18.0 Å². The van der Waals surface area contributed by atoms with Crippen LogP contribution in [0.25, 0.3) is 0 Å². The van der Waals surface area contributed by atoms with E-state index < -0.39 is 24.9 Å². The van der Waals surface area contributed by atoms with E-state index in [2.05, 4.69) is 23.9 Å². The van der Waals surface area contributed by atoms with Gasteiger partial charge in [0.2, 0.25) is 10.0 Å². The van der Waals surface area contributed by atoms with Gasteiger partial charge in [0.05, 0.1) is 0 Å². The largest absolute Gasteiger partial charge is 0.312 e. The van der Waals surface area contributed by atoms with Crippen molar-refractivity contribution in [3.63, 3.8) is 0 Å². The Balaban J connectivity index is 2.59. The molecule has 0 amide bonds. The molecule has 18 heavy (non-hydrogen) atoms. The molecule has 108 valence electrons. The van der Waals surface area contributed by atoms with Gasteiger partial charge in [0.25, 0.3) is 0 Å². The van der Waals surface area contributed by atoms with E-state index in [1.165, 1.54) is 0 Å². The monoisotopic (exact) mass is 298 g/mol. The van der Waals surface area contributed by atoms with Gasteiger partial charge >= 0.3 is 0 Å². The topological polar surface area (TPSA) is 92.3 Å². The van der Waals surface area contributed by atoms with Gasteiger partial charge in [-0.3, -0.25) is 0 Å². The maximum Gasteiger partial charge on any atom is 0.226 e. The summed E-state index contributed by atoms with van der Waals surface area (Å²) in [5, 5.41) is 2.41. The van der Waals surface area contributed by atoms with Crippen LogP contribution in [0, 0.1) is 5.41 Å². The first-order chi connectivity index (χ1) is 8.02. The summed E-state index contributed by atoms with van der Waals surface area (Å²) in [6.45, 7) is 5.25. The van der Waals surface area contributed by atoms with Gasteiger partial charge in [0.1, 0.15) is 0 Å². The zero-order valence-electron chi connectivity index (χ0n) is 11.1. The van der Waals surface area contributed by atoms with Crippen molar-refractivity contribution in [2.24, 2.45) is 5.41 Å². The maximum atomic E-state index is 11.6. The number of piperidine rings is 1. The molecular weight excluding hydrogens is 276 g/mol. The molecule has 0 spiro atoms. The second-order valence-electron chi connectivity index (χ2n) is 5.61. The Kier molecular flexibility index (Phi) is 4.80. The molecule has 2 N–H and O–H groups in total. The molecule has 1 aliphatic rings. The number of hydrogen-bond donors (Lipinski definition) is 2. The van der Waals surface area contributed by atoms with Crippen molar-refractivity contribution in [3.8, 4) is 0 Å². The average molecular weight is 298 g/mol. The number of hydrogen-bond acceptors (Lipinski definition) is 5. The molecule has 1 fully saturated rings. The minimum atomic E-state index is -3.77. The highest BCUT2D eigenvalue weighted by atomic mass is 32.3. The number of rotatable bonds is 5. The van der Waals surface area contributed by atoms with Crippen molar-refractivity contribution in [3.05, 3.63) is 0 Å². The summed E-state index contributed by atoms with van der Waals surface area (Å²) >= 11 is 0. The van der Waals surface area contributed by atoms with Crippen molar-refractivity contribution >= 4 is 19.9 Å². The van der Waals surface area contributed by atoms with Crippen molar-refractivity contribution < 1.29 is 16.8 Å². The third-order valence-electron chi connectivity index (χ3n) is 3.21. The van der Waals surface area contributed by atoms with Crippen LogP contribution in [0.15, 0.2) is 0 Å². The lowest BCUT2D eigenvalue weighted by atomic mass is 9.78. The Bertz CT molecular complexity index is 482. The van der Waals surface area contributed by atoms with Crippen LogP contribution in [0.3, 0.4) is 0 Å². The first kappa shape index (κ1) is 15.9. The van der Waals surface area contributed by atoms with Gasteiger partial charge in [-0.2, -0.15) is 0 Å². The van der Waals surface area contributed by atoms with Gasteiger partial charge in [-0.25, -0.2) is 21.6 Å². The molecule has 1 rings (SSSR count). The first-order valence-electron chi connectivity index (χ1n) is 5.90. The molecule has 1 heterocycles. The first-order valence-corrected chi connectivity index (χ1v) is 9.62. The highest BCUT2D eigenvalue weighted by Gasteiger charge is 2.32. The number of sulfone groups is 1. The number of nitrogens with one attached hydrogen (secondary N) is 2. The van der Waals surface area contributed by atoms with Crippen molar-refractivity contribution in [2.45, 2.75) is 32.7 Å². The molecular formula is C10H22N2O4S2. The molecule has 0 aromatic heterocycles. The van der Waals surface area contributed by atoms with Crippen LogP contribution >= 0.6 is 0 Å². The summed E-state index contributed by atoms with van der Waals surface area (Å²) in [6.07, 6.45) is 3.01. The Morgan fingerprint density at radius 2 is 1.89 bits per heavy atom. The standard InChI is InChI=1S/C10H22N2O4S2/c1-10(2)5-4-6-11-9(10)7-12-18(15,16)8-17(3,13)14/h9,11-12H,4-8H2,1-3H3. The van der Waals surface area contributed by atoms with Crippen LogP contribution in [0.1, 0.15) is 26.7 Å². The molecule has 0 radical (unpaired) electrons. The molecule has 0 bridgehead atoms. The summed E-state index contributed by atoms with van der Waals surface area (Å²) in [4.78, 5) is 0. The Labute approximate surface area is 110 Å². The lowest BCUT2D eigenvalue weighted by Crippen LogP contribution is -2.53. The van der Waals surface area contributed by atoms with E-state index in [4.69, 9.17) is 0 Å². The fraction of sp³-hybridized carbons (Fsp3) is 1.00. The molecule has 1 atom stereocenters. The van der Waals surface area contributed by atoms with E-state index >= 15 is 0 Å². The molecule has 1 aliphatic heterocycles. The molecule has 0 aromatic carbocycles. The van der Waals surface area contributed by atoms with Crippen LogP contribution in [-0.4, -0.2) is 47.3 Å². The lowest BCUT2D eigenvalue weighted by Gasteiger charge is -2.39. The predicted octanol–water partition coefficient (Wildman–Crippen LogP) is -0.314. The van der Waals surface area contributed by atoms with E-state index in [0.717, 1.165) is 25.6 Å². The summed E-state index contributed by atoms with van der Waals surface area (Å²) < 4.78 is 47.5. The van der Waals surface area contributed by atoms with Crippen molar-refractivity contribution in [1.29, 1.82) is 0 Å². The second-order valence-corrected chi connectivity index (χ2v) is 9.92. The van der Waals surface area contributed by atoms with E-state index in [1.54, 1.807) is 0 Å². The molecule has 8 heteroatoms. The van der Waals surface area contributed by atoms with Crippen LogP contribution < -0.4 is 10.0 Å². The van der Waals surface area contributed by atoms with Gasteiger partial charge in [0, 0.05) is 18.8 Å². The SMILES string of the molecule is CC1(C)CCCNC1CNS(=O)(=O)CS(C)(=O)=O. The fourth-order valence-electron chi connectivity index (χ4n) is 2.15. The minimum Gasteiger partial charge on any atom is -0.312 e. The molecule has 1 saturated heterocycles. The zero-order chi connectivity index (χ0) is 14.0. The molecule has 0 saturated carbocycles. The van der Waals surface area contributed by atoms with E-state index in [0.29, 0.717) is 0 Å². The van der Waals surface area contributed by atoms with Crippen LogP contribution in [0.2, 0.25) is 0 Å². The third-order valence-corrected chi connectivity index (χ3v) is 6.77. The van der Waals surface area contributed by atoms with Crippen molar-refractivity contribution in [1.82, 2.24) is 10.0 Å². The summed E-state index contributed by atoms with van der Waals surface area (Å²) in [5.74, 6) is 0. The molecule has 0 aromatic rings. The van der Waals surface area contributed by atoms with Crippen LogP contribution in [0.5, 0.6) is 0 Å². The van der Waals surface area contributed by atoms with Crippen molar-refractivity contribution in [2.75, 3.05) is 24.4 Å². The van der Waals surface area contributed by atoms with Gasteiger partial charge in [-0.1, -0.05) is 13.8 Å². The van der Waals surface area contributed by atoms with Gasteiger partial charge < -0.3 is 5.32 Å². The third kappa shape index (κ3) is 5.21. The predicted molar refractivity (Wildman–Crippen MR) is 71.4 cm³/mol. The Hall–Kier alpha value is -0.180. The molecule has 6 nitrogen and oxygen atoms in total. The molecule has 0 aliphatic carbocycles. The maximum absolute atomic E-state index is 11.6. The highest BCUT2D eigenvalue weighted by Crippen LogP contribution is 2.29. The zero-order valence-corrected chi connectivity index (χ0v) is 12.7. The summed E-state index contributed by atoms with van der Waals surface area (Å²) in [6, 6.07) is 0.0283. The normalized spacial score (nSPS) is 24.9. The van der Waals surface area contributed by atoms with Crippen LogP contribution in [-0.2, 0) is 19.9 Å². The highest BCUT2D eigenvalue weighted by molar-refractivity contribution is 8.06. The quantitative estimate of drug-likeness (QED) is 0.726.